The molecule has 0 aliphatic carbocycles. The second-order valence-corrected chi connectivity index (χ2v) is 3.08. The molecule has 0 aromatic carbocycles. The molecule has 3 heteroatoms. The van der Waals surface area contributed by atoms with Gasteiger partial charge in [-0.2, -0.15) is 0 Å². The van der Waals surface area contributed by atoms with Crippen LogP contribution in [0.3, 0.4) is 0 Å². The van der Waals surface area contributed by atoms with Gasteiger partial charge in [-0.05, 0) is 0 Å². The van der Waals surface area contributed by atoms with E-state index in [0.717, 1.165) is 6.54 Å². The second kappa shape index (κ2) is 3.11. The van der Waals surface area contributed by atoms with E-state index < -0.39 is 0 Å². The van der Waals surface area contributed by atoms with E-state index in [2.05, 4.69) is 11.9 Å². The molecule has 1 heterocycles. The minimum atomic E-state index is 1.14. The summed E-state index contributed by atoms with van der Waals surface area (Å²) < 4.78 is 0. The monoisotopic (exact) mass is 138 g/mol. The van der Waals surface area contributed by atoms with E-state index in [0.29, 0.717) is 0 Å². The summed E-state index contributed by atoms with van der Waals surface area (Å²) in [5.74, 6) is 2.78. The van der Waals surface area contributed by atoms with E-state index in [1.54, 1.807) is 5.97 Å². The molecule has 0 spiro atoms. The SMILES string of the molecule is [B]=C/C=C1/SCCN1C. The molecule has 1 nitrogen and oxygen atoms in total. The summed E-state index contributed by atoms with van der Waals surface area (Å²) in [5, 5.41) is 1.28. The number of hydrogen-bond acceptors (Lipinski definition) is 2. The van der Waals surface area contributed by atoms with Crippen LogP contribution in [0, 0.1) is 0 Å². The summed E-state index contributed by atoms with van der Waals surface area (Å²) in [4.78, 5) is 2.20. The van der Waals surface area contributed by atoms with Crippen LogP contribution in [0.1, 0.15) is 0 Å². The van der Waals surface area contributed by atoms with Gasteiger partial charge < -0.3 is 0 Å². The first kappa shape index (κ1) is 6.94. The number of allylic oxidation sites excluding steroid dienone is 1. The van der Waals surface area contributed by atoms with Gasteiger partial charge in [0, 0.05) is 0 Å². The first-order valence-electron chi connectivity index (χ1n) is 2.94. The average Bonchev–Trinajstić information content (AvgIpc) is 2.18. The van der Waals surface area contributed by atoms with Gasteiger partial charge in [0.1, 0.15) is 0 Å². The van der Waals surface area contributed by atoms with Gasteiger partial charge in [0.25, 0.3) is 0 Å². The van der Waals surface area contributed by atoms with Crippen LogP contribution in [0.5, 0.6) is 0 Å². The number of hydrogen-bond donors (Lipinski definition) is 0. The Morgan fingerprint density at radius 2 is 2.56 bits per heavy atom. The Hall–Kier alpha value is -0.175. The fourth-order valence-corrected chi connectivity index (χ4v) is 1.83. The maximum atomic E-state index is 5.23. The van der Waals surface area contributed by atoms with Crippen molar-refractivity contribution >= 4 is 25.2 Å². The Bertz CT molecular complexity index is 144. The van der Waals surface area contributed by atoms with Crippen molar-refractivity contribution in [2.24, 2.45) is 0 Å². The van der Waals surface area contributed by atoms with Crippen molar-refractivity contribution in [1.29, 1.82) is 0 Å². The molecule has 0 N–H and O–H groups in total. The van der Waals surface area contributed by atoms with Crippen molar-refractivity contribution in [2.75, 3.05) is 19.3 Å². The zero-order chi connectivity index (χ0) is 6.69. The number of nitrogens with zero attached hydrogens (tertiary/aromatic N) is 1. The molecule has 1 radical (unpaired) electrons. The molecule has 0 atom stereocenters. The van der Waals surface area contributed by atoms with Gasteiger partial charge in [0.15, 0.2) is 0 Å². The number of rotatable bonds is 1. The van der Waals surface area contributed by atoms with Gasteiger partial charge >= 0.3 is 60.6 Å². The summed E-state index contributed by atoms with van der Waals surface area (Å²) >= 11 is 1.85. The molecular formula is C6H9BNS. The molecule has 0 saturated carbocycles. The van der Waals surface area contributed by atoms with Crippen molar-refractivity contribution in [3.8, 4) is 0 Å². The molecule has 0 aromatic rings. The summed E-state index contributed by atoms with van der Waals surface area (Å²) in [6.07, 6.45) is 1.94. The van der Waals surface area contributed by atoms with Crippen LogP contribution in [0.25, 0.3) is 0 Å². The predicted molar refractivity (Wildman–Crippen MR) is 45.0 cm³/mol. The summed E-state index contributed by atoms with van der Waals surface area (Å²) in [6.45, 7) is 1.14. The van der Waals surface area contributed by atoms with Crippen LogP contribution in [-0.2, 0) is 0 Å². The third-order valence-electron chi connectivity index (χ3n) is 1.29. The maximum absolute atomic E-state index is 5.23. The van der Waals surface area contributed by atoms with Crippen molar-refractivity contribution in [1.82, 2.24) is 4.90 Å². The molecule has 1 rings (SSSR count). The fourth-order valence-electron chi connectivity index (χ4n) is 0.765. The number of thioether (sulfide) groups is 1. The summed E-state index contributed by atoms with van der Waals surface area (Å²) in [7, 11) is 7.31. The molecular weight excluding hydrogens is 129 g/mol. The first-order chi connectivity index (χ1) is 4.34. The zero-order valence-corrected chi connectivity index (χ0v) is 6.32. The van der Waals surface area contributed by atoms with Gasteiger partial charge in [-0.25, -0.2) is 0 Å². The van der Waals surface area contributed by atoms with Gasteiger partial charge in [-0.15, -0.1) is 0 Å². The van der Waals surface area contributed by atoms with Gasteiger partial charge in [0.05, 0.1) is 0 Å². The van der Waals surface area contributed by atoms with E-state index in [1.165, 1.54) is 10.8 Å². The molecule has 1 aliphatic heterocycles. The average molecular weight is 138 g/mol. The predicted octanol–water partition coefficient (Wildman–Crippen LogP) is 0.477. The van der Waals surface area contributed by atoms with Crippen molar-refractivity contribution in [3.63, 3.8) is 0 Å². The Balaban J connectivity index is 2.58. The molecule has 9 heavy (non-hydrogen) atoms. The molecule has 47 valence electrons. The van der Waals surface area contributed by atoms with E-state index in [1.807, 2.05) is 17.8 Å². The summed E-state index contributed by atoms with van der Waals surface area (Å²) in [6, 6.07) is 0. The first-order valence-corrected chi connectivity index (χ1v) is 3.92. The Kier molecular flexibility index (Phi) is 2.40. The molecule has 0 amide bonds. The Morgan fingerprint density at radius 3 is 3.00 bits per heavy atom. The second-order valence-electron chi connectivity index (χ2n) is 1.97. The van der Waals surface area contributed by atoms with Crippen LogP contribution in [0.2, 0.25) is 0 Å². The van der Waals surface area contributed by atoms with Gasteiger partial charge in [-0.3, -0.25) is 0 Å². The van der Waals surface area contributed by atoms with E-state index in [4.69, 9.17) is 7.49 Å². The van der Waals surface area contributed by atoms with Crippen molar-refractivity contribution in [2.45, 2.75) is 0 Å². The molecule has 0 bridgehead atoms. The molecule has 1 saturated heterocycles. The standard InChI is InChI=1S/C6H9BNS/c1-8-4-5-9-6(8)2-3-7/h2-3H,4-5H2,1H3/b6-2+. The summed E-state index contributed by atoms with van der Waals surface area (Å²) in [5.41, 5.74) is 0. The minimum absolute atomic E-state index is 1.14. The third kappa shape index (κ3) is 1.61. The zero-order valence-electron chi connectivity index (χ0n) is 5.50. The normalized spacial score (nSPS) is 23.1. The topological polar surface area (TPSA) is 3.24 Å². The van der Waals surface area contributed by atoms with Crippen LogP contribution < -0.4 is 0 Å². The van der Waals surface area contributed by atoms with Crippen LogP contribution in [0.15, 0.2) is 11.1 Å². The van der Waals surface area contributed by atoms with E-state index in [9.17, 15) is 0 Å². The molecule has 0 unspecified atom stereocenters. The van der Waals surface area contributed by atoms with Crippen LogP contribution in [-0.4, -0.2) is 37.7 Å². The van der Waals surface area contributed by atoms with E-state index in [-0.39, 0.29) is 0 Å². The van der Waals surface area contributed by atoms with Crippen molar-refractivity contribution < 1.29 is 0 Å². The van der Waals surface area contributed by atoms with Crippen molar-refractivity contribution in [3.05, 3.63) is 11.1 Å². The molecule has 1 fully saturated rings. The van der Waals surface area contributed by atoms with E-state index >= 15 is 0 Å². The van der Waals surface area contributed by atoms with Gasteiger partial charge in [0.2, 0.25) is 0 Å². The third-order valence-corrected chi connectivity index (χ3v) is 2.42. The van der Waals surface area contributed by atoms with Crippen LogP contribution in [0.4, 0.5) is 0 Å². The van der Waals surface area contributed by atoms with Crippen LogP contribution >= 0.6 is 11.8 Å². The Labute approximate surface area is 61.2 Å². The molecule has 0 aromatic heterocycles. The Morgan fingerprint density at radius 1 is 1.78 bits per heavy atom. The van der Waals surface area contributed by atoms with Gasteiger partial charge in [-0.1, -0.05) is 0 Å². The molecule has 1 aliphatic rings. The quantitative estimate of drug-likeness (QED) is 0.484. The fraction of sp³-hybridized carbons (Fsp3) is 0.500.